The fourth-order valence-electron chi connectivity index (χ4n) is 2.80. The fourth-order valence-corrected chi connectivity index (χ4v) is 2.80. The topological polar surface area (TPSA) is 24.9 Å². The second-order valence-corrected chi connectivity index (χ2v) is 5.30. The summed E-state index contributed by atoms with van der Waals surface area (Å²) in [7, 11) is 0. The van der Waals surface area contributed by atoms with Gasteiger partial charge in [-0.15, -0.1) is 0 Å². The first-order valence-electron chi connectivity index (χ1n) is 7.43. The van der Waals surface area contributed by atoms with Crippen molar-refractivity contribution in [2.45, 2.75) is 19.9 Å². The van der Waals surface area contributed by atoms with Crippen LogP contribution in [0, 0.1) is 6.92 Å². The van der Waals surface area contributed by atoms with Crippen molar-refractivity contribution in [1.29, 1.82) is 0 Å². The molecule has 1 heterocycles. The Hall–Kier alpha value is -2.19. The van der Waals surface area contributed by atoms with E-state index >= 15 is 0 Å². The van der Waals surface area contributed by atoms with Gasteiger partial charge in [0.2, 0.25) is 0 Å². The Kier molecular flexibility index (Phi) is 3.98. The molecular weight excluding hydrogens is 256 g/mol. The summed E-state index contributed by atoms with van der Waals surface area (Å²) in [6, 6.07) is 19.4. The molecule has 1 aromatic heterocycles. The zero-order valence-corrected chi connectivity index (χ0v) is 12.5. The van der Waals surface area contributed by atoms with E-state index in [2.05, 4.69) is 72.7 Å². The van der Waals surface area contributed by atoms with Gasteiger partial charge in [-0.1, -0.05) is 43.3 Å². The summed E-state index contributed by atoms with van der Waals surface area (Å²) in [5.41, 5.74) is 4.98. The molecule has 0 aliphatic rings. The van der Waals surface area contributed by atoms with E-state index in [1.165, 1.54) is 22.1 Å². The van der Waals surface area contributed by atoms with Gasteiger partial charge in [-0.25, -0.2) is 0 Å². The van der Waals surface area contributed by atoms with Crippen molar-refractivity contribution in [3.8, 4) is 0 Å². The Morgan fingerprint density at radius 2 is 1.90 bits per heavy atom. The molecule has 0 radical (unpaired) electrons. The van der Waals surface area contributed by atoms with E-state index in [0.29, 0.717) is 0 Å². The molecule has 3 aromatic rings. The summed E-state index contributed by atoms with van der Waals surface area (Å²) in [6.45, 7) is 5.25. The van der Waals surface area contributed by atoms with Gasteiger partial charge in [-0.3, -0.25) is 4.98 Å². The second-order valence-electron chi connectivity index (χ2n) is 5.30. The molecule has 0 amide bonds. The van der Waals surface area contributed by atoms with Crippen LogP contribution in [-0.4, -0.2) is 11.5 Å². The predicted octanol–water partition coefficient (Wildman–Crippen LogP) is 4.24. The number of aryl methyl sites for hydroxylation is 1. The van der Waals surface area contributed by atoms with Gasteiger partial charge < -0.3 is 5.32 Å². The molecule has 0 aliphatic carbocycles. The number of nitrogens with zero attached hydrogens (tertiary/aromatic N) is 1. The second kappa shape index (κ2) is 6.06. The van der Waals surface area contributed by atoms with Crippen LogP contribution in [0.15, 0.2) is 60.8 Å². The molecule has 1 N–H and O–H groups in total. The van der Waals surface area contributed by atoms with Crippen molar-refractivity contribution >= 4 is 10.9 Å². The maximum absolute atomic E-state index is 4.40. The van der Waals surface area contributed by atoms with Crippen molar-refractivity contribution in [2.75, 3.05) is 6.54 Å². The summed E-state index contributed by atoms with van der Waals surface area (Å²) < 4.78 is 0. The van der Waals surface area contributed by atoms with Crippen molar-refractivity contribution in [2.24, 2.45) is 0 Å². The minimum Gasteiger partial charge on any atom is -0.307 e. The Labute approximate surface area is 125 Å². The Morgan fingerprint density at radius 3 is 2.71 bits per heavy atom. The zero-order valence-electron chi connectivity index (χ0n) is 12.5. The maximum Gasteiger partial charge on any atom is 0.0702 e. The van der Waals surface area contributed by atoms with E-state index < -0.39 is 0 Å². The predicted molar refractivity (Wildman–Crippen MR) is 88.4 cm³/mol. The molecule has 106 valence electrons. The summed E-state index contributed by atoms with van der Waals surface area (Å²) in [4.78, 5) is 4.40. The number of hydrogen-bond acceptors (Lipinski definition) is 2. The third-order valence-electron chi connectivity index (χ3n) is 3.87. The lowest BCUT2D eigenvalue weighted by Gasteiger charge is -2.21. The number of benzene rings is 2. The number of hydrogen-bond donors (Lipinski definition) is 1. The Morgan fingerprint density at radius 1 is 1.05 bits per heavy atom. The third kappa shape index (κ3) is 2.81. The molecule has 1 unspecified atom stereocenters. The summed E-state index contributed by atoms with van der Waals surface area (Å²) in [6.07, 6.45) is 1.84. The minimum atomic E-state index is 0.223. The highest BCUT2D eigenvalue weighted by Gasteiger charge is 2.15. The first-order chi connectivity index (χ1) is 10.3. The molecule has 3 rings (SSSR count). The lowest BCUT2D eigenvalue weighted by Crippen LogP contribution is -2.22. The number of nitrogens with one attached hydrogen (secondary N) is 1. The Balaban J connectivity index is 2.09. The zero-order chi connectivity index (χ0) is 14.7. The quantitative estimate of drug-likeness (QED) is 0.771. The lowest BCUT2D eigenvalue weighted by molar-refractivity contribution is 0.628. The van der Waals surface area contributed by atoms with Gasteiger partial charge in [0.1, 0.15) is 0 Å². The highest BCUT2D eigenvalue weighted by molar-refractivity contribution is 5.79. The van der Waals surface area contributed by atoms with Crippen molar-refractivity contribution in [1.82, 2.24) is 10.3 Å². The molecule has 0 saturated heterocycles. The normalized spacial score (nSPS) is 12.5. The average molecular weight is 276 g/mol. The Bertz CT molecular complexity index is 749. The molecule has 0 bridgehead atoms. The largest absolute Gasteiger partial charge is 0.307 e. The summed E-state index contributed by atoms with van der Waals surface area (Å²) in [5, 5.41) is 4.79. The summed E-state index contributed by atoms with van der Waals surface area (Å²) >= 11 is 0. The first-order valence-corrected chi connectivity index (χ1v) is 7.43. The van der Waals surface area contributed by atoms with Gasteiger partial charge in [0.15, 0.2) is 0 Å². The number of aromatic nitrogens is 1. The van der Waals surface area contributed by atoms with Crippen molar-refractivity contribution < 1.29 is 0 Å². The molecule has 0 saturated carbocycles. The van der Waals surface area contributed by atoms with Crippen LogP contribution >= 0.6 is 0 Å². The van der Waals surface area contributed by atoms with Gasteiger partial charge in [-0.05, 0) is 48.4 Å². The standard InChI is InChI=1S/C19H20N2/c1-3-20-19(17-9-5-4-7-14(17)2)16-10-11-18-15(13-16)8-6-12-21-18/h4-13,19-20H,3H2,1-2H3. The van der Waals surface area contributed by atoms with Crippen LogP contribution in [0.25, 0.3) is 10.9 Å². The number of fused-ring (bicyclic) bond motifs is 1. The molecule has 0 spiro atoms. The van der Waals surface area contributed by atoms with Crippen LogP contribution in [0.2, 0.25) is 0 Å². The SMILES string of the molecule is CCNC(c1ccc2ncccc2c1)c1ccccc1C. The molecule has 1 atom stereocenters. The molecule has 21 heavy (non-hydrogen) atoms. The van der Waals surface area contributed by atoms with Crippen LogP contribution in [-0.2, 0) is 0 Å². The van der Waals surface area contributed by atoms with E-state index in [1.54, 1.807) is 0 Å². The van der Waals surface area contributed by atoms with Crippen LogP contribution in [0.5, 0.6) is 0 Å². The molecule has 2 nitrogen and oxygen atoms in total. The fraction of sp³-hybridized carbons (Fsp3) is 0.211. The van der Waals surface area contributed by atoms with Crippen LogP contribution in [0.3, 0.4) is 0 Å². The van der Waals surface area contributed by atoms with Gasteiger partial charge in [0.05, 0.1) is 11.6 Å². The van der Waals surface area contributed by atoms with Gasteiger partial charge >= 0.3 is 0 Å². The van der Waals surface area contributed by atoms with Gasteiger partial charge in [-0.2, -0.15) is 0 Å². The molecule has 2 aromatic carbocycles. The van der Waals surface area contributed by atoms with E-state index in [1.807, 2.05) is 12.3 Å². The minimum absolute atomic E-state index is 0.223. The van der Waals surface area contributed by atoms with E-state index in [0.717, 1.165) is 12.1 Å². The van der Waals surface area contributed by atoms with Gasteiger partial charge in [0, 0.05) is 11.6 Å². The monoisotopic (exact) mass is 276 g/mol. The van der Waals surface area contributed by atoms with Gasteiger partial charge in [0.25, 0.3) is 0 Å². The van der Waals surface area contributed by atoms with Crippen LogP contribution < -0.4 is 5.32 Å². The van der Waals surface area contributed by atoms with E-state index in [4.69, 9.17) is 0 Å². The smallest absolute Gasteiger partial charge is 0.0702 e. The first kappa shape index (κ1) is 13.8. The van der Waals surface area contributed by atoms with Crippen molar-refractivity contribution in [3.05, 3.63) is 77.5 Å². The van der Waals surface area contributed by atoms with Crippen molar-refractivity contribution in [3.63, 3.8) is 0 Å². The van der Waals surface area contributed by atoms with E-state index in [-0.39, 0.29) is 6.04 Å². The van der Waals surface area contributed by atoms with Crippen LogP contribution in [0.4, 0.5) is 0 Å². The molecular formula is C19H20N2. The number of pyridine rings is 1. The number of rotatable bonds is 4. The highest BCUT2D eigenvalue weighted by atomic mass is 14.9. The lowest BCUT2D eigenvalue weighted by atomic mass is 9.94. The highest BCUT2D eigenvalue weighted by Crippen LogP contribution is 2.27. The molecule has 0 fully saturated rings. The maximum atomic E-state index is 4.40. The average Bonchev–Trinajstić information content (AvgIpc) is 2.53. The molecule has 0 aliphatic heterocycles. The molecule has 2 heteroatoms. The third-order valence-corrected chi connectivity index (χ3v) is 3.87. The summed E-state index contributed by atoms with van der Waals surface area (Å²) in [5.74, 6) is 0. The van der Waals surface area contributed by atoms with Crippen LogP contribution in [0.1, 0.15) is 29.7 Å². The van der Waals surface area contributed by atoms with E-state index in [9.17, 15) is 0 Å².